The molecule has 0 aliphatic rings. The fraction of sp³-hybridized carbons (Fsp3) is 0.875. The molecular formula is C16H31F. The molecule has 0 rings (SSSR count). The number of rotatable bonds is 8. The van der Waals surface area contributed by atoms with Gasteiger partial charge in [-0.15, -0.1) is 0 Å². The minimum Gasteiger partial charge on any atom is -0.247 e. The van der Waals surface area contributed by atoms with Crippen molar-refractivity contribution in [2.24, 2.45) is 17.8 Å². The predicted octanol–water partition coefficient (Wildman–Crippen LogP) is 5.78. The molecule has 0 heterocycles. The predicted molar refractivity (Wildman–Crippen MR) is 76.0 cm³/mol. The van der Waals surface area contributed by atoms with Crippen LogP contribution in [0.15, 0.2) is 11.6 Å². The summed E-state index contributed by atoms with van der Waals surface area (Å²) in [5.41, 5.74) is 1.45. The summed E-state index contributed by atoms with van der Waals surface area (Å²) in [6.07, 6.45) is 5.74. The van der Waals surface area contributed by atoms with Crippen LogP contribution >= 0.6 is 0 Å². The molecule has 0 nitrogen and oxygen atoms in total. The third kappa shape index (κ3) is 7.57. The molecule has 1 heteroatoms. The van der Waals surface area contributed by atoms with Gasteiger partial charge in [-0.05, 0) is 50.9 Å². The van der Waals surface area contributed by atoms with Crippen LogP contribution in [0.2, 0.25) is 0 Å². The lowest BCUT2D eigenvalue weighted by molar-refractivity contribution is 0.155. The van der Waals surface area contributed by atoms with E-state index in [4.69, 9.17) is 0 Å². The Hall–Kier alpha value is -0.330. The summed E-state index contributed by atoms with van der Waals surface area (Å²) in [6.45, 7) is 12.7. The average Bonchev–Trinajstić information content (AvgIpc) is 2.26. The SMILES string of the molecule is C/C=C(\C)CCCC(C)C(C)C(F)CC(C)C. The first-order valence-corrected chi connectivity index (χ1v) is 7.14. The largest absolute Gasteiger partial charge is 0.247 e. The van der Waals surface area contributed by atoms with Crippen molar-refractivity contribution < 1.29 is 4.39 Å². The van der Waals surface area contributed by atoms with E-state index in [1.807, 2.05) is 0 Å². The van der Waals surface area contributed by atoms with Gasteiger partial charge in [0.15, 0.2) is 0 Å². The molecule has 3 unspecified atom stereocenters. The van der Waals surface area contributed by atoms with E-state index in [2.05, 4.69) is 47.6 Å². The Morgan fingerprint density at radius 2 is 1.76 bits per heavy atom. The maximum absolute atomic E-state index is 13.9. The van der Waals surface area contributed by atoms with Gasteiger partial charge in [0.2, 0.25) is 0 Å². The summed E-state index contributed by atoms with van der Waals surface area (Å²) in [4.78, 5) is 0. The lowest BCUT2D eigenvalue weighted by atomic mass is 9.84. The third-order valence-electron chi connectivity index (χ3n) is 3.89. The number of allylic oxidation sites excluding steroid dienone is 2. The van der Waals surface area contributed by atoms with Crippen molar-refractivity contribution in [3.8, 4) is 0 Å². The van der Waals surface area contributed by atoms with Gasteiger partial charge in [0, 0.05) is 0 Å². The molecule has 0 saturated heterocycles. The Morgan fingerprint density at radius 1 is 1.18 bits per heavy atom. The Morgan fingerprint density at radius 3 is 2.24 bits per heavy atom. The van der Waals surface area contributed by atoms with Crippen LogP contribution in [0.25, 0.3) is 0 Å². The second-order valence-electron chi connectivity index (χ2n) is 6.01. The van der Waals surface area contributed by atoms with Crippen molar-refractivity contribution in [2.45, 2.75) is 73.4 Å². The molecule has 0 saturated carbocycles. The van der Waals surface area contributed by atoms with Crippen LogP contribution in [0, 0.1) is 17.8 Å². The van der Waals surface area contributed by atoms with Crippen LogP contribution in [-0.2, 0) is 0 Å². The van der Waals surface area contributed by atoms with Gasteiger partial charge in [0.25, 0.3) is 0 Å². The maximum Gasteiger partial charge on any atom is 0.103 e. The van der Waals surface area contributed by atoms with Crippen molar-refractivity contribution >= 4 is 0 Å². The van der Waals surface area contributed by atoms with Gasteiger partial charge in [-0.3, -0.25) is 0 Å². The molecule has 0 bridgehead atoms. The highest BCUT2D eigenvalue weighted by Crippen LogP contribution is 2.27. The highest BCUT2D eigenvalue weighted by Gasteiger charge is 2.22. The zero-order chi connectivity index (χ0) is 13.4. The fourth-order valence-corrected chi connectivity index (χ4v) is 2.13. The first kappa shape index (κ1) is 16.7. The molecule has 0 aromatic rings. The third-order valence-corrected chi connectivity index (χ3v) is 3.89. The highest BCUT2D eigenvalue weighted by molar-refractivity contribution is 4.95. The van der Waals surface area contributed by atoms with Crippen LogP contribution in [0.3, 0.4) is 0 Å². The van der Waals surface area contributed by atoms with Crippen LogP contribution in [-0.4, -0.2) is 6.17 Å². The van der Waals surface area contributed by atoms with Crippen molar-refractivity contribution in [2.75, 3.05) is 0 Å². The van der Waals surface area contributed by atoms with Gasteiger partial charge in [0.05, 0.1) is 0 Å². The van der Waals surface area contributed by atoms with Crippen LogP contribution in [0.5, 0.6) is 0 Å². The van der Waals surface area contributed by atoms with Crippen molar-refractivity contribution in [1.82, 2.24) is 0 Å². The lowest BCUT2D eigenvalue weighted by Gasteiger charge is -2.24. The smallest absolute Gasteiger partial charge is 0.103 e. The monoisotopic (exact) mass is 242 g/mol. The van der Waals surface area contributed by atoms with Gasteiger partial charge in [-0.2, -0.15) is 0 Å². The van der Waals surface area contributed by atoms with Gasteiger partial charge < -0.3 is 0 Å². The molecular weight excluding hydrogens is 211 g/mol. The van der Waals surface area contributed by atoms with E-state index >= 15 is 0 Å². The Kier molecular flexibility index (Phi) is 8.55. The van der Waals surface area contributed by atoms with Crippen LogP contribution in [0.1, 0.15) is 67.2 Å². The number of hydrogen-bond acceptors (Lipinski definition) is 0. The molecule has 0 aliphatic carbocycles. The van der Waals surface area contributed by atoms with E-state index in [0.29, 0.717) is 18.3 Å². The summed E-state index contributed by atoms with van der Waals surface area (Å²) in [5, 5.41) is 0. The number of alkyl halides is 1. The molecule has 0 N–H and O–H groups in total. The number of hydrogen-bond donors (Lipinski definition) is 0. The van der Waals surface area contributed by atoms with Gasteiger partial charge in [-0.25, -0.2) is 4.39 Å². The molecule has 17 heavy (non-hydrogen) atoms. The highest BCUT2D eigenvalue weighted by atomic mass is 19.1. The Labute approximate surface area is 108 Å². The van der Waals surface area contributed by atoms with Gasteiger partial charge in [0.1, 0.15) is 6.17 Å². The standard InChI is InChI=1S/C16H31F/c1-7-13(4)9-8-10-14(5)15(6)16(17)11-12(2)3/h7,12,14-16H,8-11H2,1-6H3/b13-7+. The van der Waals surface area contributed by atoms with Gasteiger partial charge in [-0.1, -0.05) is 45.8 Å². The van der Waals surface area contributed by atoms with E-state index in [1.165, 1.54) is 12.0 Å². The second-order valence-corrected chi connectivity index (χ2v) is 6.01. The molecule has 0 radical (unpaired) electrons. The summed E-state index contributed by atoms with van der Waals surface area (Å²) in [7, 11) is 0. The first-order valence-electron chi connectivity index (χ1n) is 7.14. The minimum absolute atomic E-state index is 0.198. The van der Waals surface area contributed by atoms with Crippen molar-refractivity contribution in [3.05, 3.63) is 11.6 Å². The average molecular weight is 242 g/mol. The summed E-state index contributed by atoms with van der Waals surface area (Å²) >= 11 is 0. The van der Waals surface area contributed by atoms with E-state index in [9.17, 15) is 4.39 Å². The van der Waals surface area contributed by atoms with E-state index < -0.39 is 6.17 Å². The lowest BCUT2D eigenvalue weighted by Crippen LogP contribution is -2.21. The summed E-state index contributed by atoms with van der Waals surface area (Å²) in [5.74, 6) is 1.15. The molecule has 102 valence electrons. The summed E-state index contributed by atoms with van der Waals surface area (Å²) in [6, 6.07) is 0. The van der Waals surface area contributed by atoms with Crippen LogP contribution in [0.4, 0.5) is 4.39 Å². The normalized spacial score (nSPS) is 18.2. The molecule has 3 atom stereocenters. The minimum atomic E-state index is -0.632. The maximum atomic E-state index is 13.9. The topological polar surface area (TPSA) is 0 Å². The quantitative estimate of drug-likeness (QED) is 0.473. The molecule has 0 spiro atoms. The molecule has 0 fully saturated rings. The molecule has 0 aromatic carbocycles. The fourth-order valence-electron chi connectivity index (χ4n) is 2.13. The van der Waals surface area contributed by atoms with E-state index in [1.54, 1.807) is 0 Å². The Bertz CT molecular complexity index is 218. The van der Waals surface area contributed by atoms with Crippen LogP contribution < -0.4 is 0 Å². The first-order chi connectivity index (χ1) is 7.88. The zero-order valence-corrected chi connectivity index (χ0v) is 12.6. The zero-order valence-electron chi connectivity index (χ0n) is 12.6. The molecule has 0 aliphatic heterocycles. The summed E-state index contributed by atoms with van der Waals surface area (Å²) < 4.78 is 13.9. The second kappa shape index (κ2) is 8.72. The molecule has 0 aromatic heterocycles. The van der Waals surface area contributed by atoms with Crippen molar-refractivity contribution in [3.63, 3.8) is 0 Å². The Balaban J connectivity index is 3.92. The van der Waals surface area contributed by atoms with Crippen molar-refractivity contribution in [1.29, 1.82) is 0 Å². The molecule has 0 amide bonds. The van der Waals surface area contributed by atoms with E-state index in [0.717, 1.165) is 12.8 Å². The number of halogens is 1. The van der Waals surface area contributed by atoms with Gasteiger partial charge >= 0.3 is 0 Å². The van der Waals surface area contributed by atoms with E-state index in [-0.39, 0.29) is 5.92 Å².